The highest BCUT2D eigenvalue weighted by atomic mass is 32.2. The molecule has 170 valence electrons. The number of hydrogen-bond acceptors (Lipinski definition) is 6. The number of thiophene rings is 1. The van der Waals surface area contributed by atoms with Gasteiger partial charge in [-0.15, -0.1) is 11.3 Å². The fourth-order valence-electron chi connectivity index (χ4n) is 3.61. The first-order chi connectivity index (χ1) is 15.3. The predicted octanol–water partition coefficient (Wildman–Crippen LogP) is 4.31. The van der Waals surface area contributed by atoms with Crippen molar-refractivity contribution in [3.05, 3.63) is 52.9 Å². The van der Waals surface area contributed by atoms with Crippen LogP contribution in [-0.2, 0) is 14.8 Å². The van der Waals surface area contributed by atoms with Crippen LogP contribution >= 0.6 is 11.3 Å². The molecular weight excluding hydrogens is 448 g/mol. The number of amides is 1. The Morgan fingerprint density at radius 2 is 1.88 bits per heavy atom. The molecule has 0 aliphatic carbocycles. The van der Waals surface area contributed by atoms with E-state index >= 15 is 0 Å². The number of carbonyl (C=O) groups excluding carboxylic acids is 1. The average molecular weight is 475 g/mol. The van der Waals surface area contributed by atoms with Crippen molar-refractivity contribution < 1.29 is 22.7 Å². The van der Waals surface area contributed by atoms with Gasteiger partial charge in [-0.1, -0.05) is 19.9 Å². The number of sulfonamides is 1. The Morgan fingerprint density at radius 3 is 2.56 bits per heavy atom. The Labute approximate surface area is 192 Å². The number of fused-ring (bicyclic) bond motifs is 1. The summed E-state index contributed by atoms with van der Waals surface area (Å²) >= 11 is 1.40. The number of rotatable bonds is 6. The molecule has 1 aliphatic heterocycles. The van der Waals surface area contributed by atoms with Crippen LogP contribution in [0.25, 0.3) is 10.1 Å². The number of morpholine rings is 1. The van der Waals surface area contributed by atoms with Gasteiger partial charge in [-0.05, 0) is 53.3 Å². The maximum absolute atomic E-state index is 13.2. The second-order valence-electron chi connectivity index (χ2n) is 7.94. The Kier molecular flexibility index (Phi) is 6.41. The topological polar surface area (TPSA) is 84.9 Å². The molecule has 1 saturated heterocycles. The van der Waals surface area contributed by atoms with E-state index in [0.717, 1.165) is 15.6 Å². The van der Waals surface area contributed by atoms with Gasteiger partial charge < -0.3 is 14.4 Å². The van der Waals surface area contributed by atoms with Crippen molar-refractivity contribution in [2.45, 2.75) is 24.7 Å². The second kappa shape index (κ2) is 9.09. The molecule has 1 aliphatic rings. The van der Waals surface area contributed by atoms with Crippen molar-refractivity contribution in [2.24, 2.45) is 0 Å². The van der Waals surface area contributed by atoms with E-state index in [9.17, 15) is 13.2 Å². The van der Waals surface area contributed by atoms with Gasteiger partial charge in [-0.2, -0.15) is 0 Å². The van der Waals surface area contributed by atoms with Gasteiger partial charge in [-0.25, -0.2) is 8.42 Å². The predicted molar refractivity (Wildman–Crippen MR) is 126 cm³/mol. The molecule has 1 N–H and O–H groups in total. The highest BCUT2D eigenvalue weighted by molar-refractivity contribution is 7.92. The molecule has 0 atom stereocenters. The van der Waals surface area contributed by atoms with Crippen LogP contribution in [0.5, 0.6) is 5.75 Å². The van der Waals surface area contributed by atoms with E-state index in [1.165, 1.54) is 18.4 Å². The van der Waals surface area contributed by atoms with E-state index in [1.54, 1.807) is 29.2 Å². The van der Waals surface area contributed by atoms with Crippen molar-refractivity contribution in [3.8, 4) is 5.75 Å². The molecule has 0 spiro atoms. The van der Waals surface area contributed by atoms with E-state index < -0.39 is 10.0 Å². The summed E-state index contributed by atoms with van der Waals surface area (Å²) < 4.78 is 40.5. The lowest BCUT2D eigenvalue weighted by Crippen LogP contribution is -2.40. The molecule has 9 heteroatoms. The molecule has 0 saturated carbocycles. The fraction of sp³-hybridized carbons (Fsp3) is 0.348. The maximum atomic E-state index is 13.2. The zero-order valence-electron chi connectivity index (χ0n) is 18.3. The fourth-order valence-corrected chi connectivity index (χ4v) is 5.87. The summed E-state index contributed by atoms with van der Waals surface area (Å²) in [5.41, 5.74) is 1.34. The number of carbonyl (C=O) groups is 1. The van der Waals surface area contributed by atoms with Crippen LogP contribution in [0, 0.1) is 0 Å². The third-order valence-corrected chi connectivity index (χ3v) is 7.93. The number of ether oxygens (including phenoxy) is 2. The van der Waals surface area contributed by atoms with Gasteiger partial charge in [0.05, 0.1) is 25.2 Å². The molecule has 1 amide bonds. The minimum absolute atomic E-state index is 0.0214. The smallest absolute Gasteiger partial charge is 0.265 e. The number of hydrogen-bond donors (Lipinski definition) is 1. The number of methoxy groups -OCH3 is 1. The van der Waals surface area contributed by atoms with E-state index in [1.807, 2.05) is 32.0 Å². The van der Waals surface area contributed by atoms with Gasteiger partial charge in [0.2, 0.25) is 0 Å². The second-order valence-corrected chi connectivity index (χ2v) is 10.7. The van der Waals surface area contributed by atoms with Gasteiger partial charge in [0, 0.05) is 23.5 Å². The van der Waals surface area contributed by atoms with Crippen LogP contribution in [0.1, 0.15) is 35.0 Å². The highest BCUT2D eigenvalue weighted by Gasteiger charge is 2.23. The summed E-state index contributed by atoms with van der Waals surface area (Å²) in [4.78, 5) is 15.3. The Balaban J connectivity index is 1.61. The summed E-state index contributed by atoms with van der Waals surface area (Å²) in [7, 11) is -2.42. The molecule has 2 aromatic carbocycles. The minimum Gasteiger partial charge on any atom is -0.495 e. The van der Waals surface area contributed by atoms with E-state index in [2.05, 4.69) is 4.72 Å². The molecule has 3 aromatic rings. The highest BCUT2D eigenvalue weighted by Crippen LogP contribution is 2.32. The lowest BCUT2D eigenvalue weighted by atomic mass is 10.0. The molecule has 0 unspecified atom stereocenters. The number of anilines is 1. The van der Waals surface area contributed by atoms with Crippen molar-refractivity contribution >= 4 is 43.0 Å². The Hall–Kier alpha value is -2.62. The number of benzene rings is 2. The molecule has 4 rings (SSSR count). The third kappa shape index (κ3) is 4.60. The summed E-state index contributed by atoms with van der Waals surface area (Å²) in [5, 5.41) is 0.815. The van der Waals surface area contributed by atoms with E-state index in [-0.39, 0.29) is 22.5 Å². The number of nitrogens with zero attached hydrogens (tertiary/aromatic N) is 1. The van der Waals surface area contributed by atoms with Crippen molar-refractivity contribution in [2.75, 3.05) is 38.1 Å². The van der Waals surface area contributed by atoms with Crippen molar-refractivity contribution in [3.63, 3.8) is 0 Å². The van der Waals surface area contributed by atoms with Gasteiger partial charge in [-0.3, -0.25) is 9.52 Å². The van der Waals surface area contributed by atoms with Crippen molar-refractivity contribution in [1.82, 2.24) is 4.90 Å². The van der Waals surface area contributed by atoms with Gasteiger partial charge >= 0.3 is 0 Å². The molecule has 2 heterocycles. The summed E-state index contributed by atoms with van der Waals surface area (Å²) in [6, 6.07) is 12.3. The average Bonchev–Trinajstić information content (AvgIpc) is 3.21. The van der Waals surface area contributed by atoms with Gasteiger partial charge in [0.15, 0.2) is 0 Å². The van der Waals surface area contributed by atoms with Crippen LogP contribution in [0.15, 0.2) is 47.4 Å². The van der Waals surface area contributed by atoms with Crippen LogP contribution in [-0.4, -0.2) is 52.6 Å². The Bertz CT molecular complexity index is 1240. The van der Waals surface area contributed by atoms with Gasteiger partial charge in [0.25, 0.3) is 15.9 Å². The van der Waals surface area contributed by atoms with Crippen LogP contribution < -0.4 is 9.46 Å². The quantitative estimate of drug-likeness (QED) is 0.576. The molecular formula is C23H26N2O5S2. The van der Waals surface area contributed by atoms with Gasteiger partial charge in [0.1, 0.15) is 10.6 Å². The first kappa shape index (κ1) is 22.6. The summed E-state index contributed by atoms with van der Waals surface area (Å²) in [5.74, 6) is 0.447. The summed E-state index contributed by atoms with van der Waals surface area (Å²) in [6.07, 6.45) is 0. The van der Waals surface area contributed by atoms with Crippen molar-refractivity contribution in [1.29, 1.82) is 0 Å². The first-order valence-electron chi connectivity index (χ1n) is 10.4. The third-order valence-electron chi connectivity index (χ3n) is 5.42. The summed E-state index contributed by atoms with van der Waals surface area (Å²) in [6.45, 7) is 6.26. The first-order valence-corrected chi connectivity index (χ1v) is 12.7. The lowest BCUT2D eigenvalue weighted by Gasteiger charge is -2.26. The number of nitrogens with one attached hydrogen (secondary N) is 1. The van der Waals surface area contributed by atoms with Crippen LogP contribution in [0.4, 0.5) is 5.69 Å². The molecule has 0 bridgehead atoms. The van der Waals surface area contributed by atoms with E-state index in [0.29, 0.717) is 36.9 Å². The van der Waals surface area contributed by atoms with E-state index in [4.69, 9.17) is 9.47 Å². The lowest BCUT2D eigenvalue weighted by molar-refractivity contribution is 0.0306. The maximum Gasteiger partial charge on any atom is 0.265 e. The minimum atomic E-state index is -3.87. The molecule has 7 nitrogen and oxygen atoms in total. The zero-order valence-corrected chi connectivity index (χ0v) is 19.9. The standard InChI is InChI=1S/C23H26N2O5S2/c1-15(2)16-4-6-19(29-3)22(14-16)32(27,28)24-18-5-7-20-17(12-18)13-21(31-20)23(26)25-8-10-30-11-9-25/h4-7,12-15,24H,8-11H2,1-3H3. The normalized spacial score (nSPS) is 14.7. The van der Waals surface area contributed by atoms with Crippen LogP contribution in [0.2, 0.25) is 0 Å². The zero-order chi connectivity index (χ0) is 22.9. The molecule has 1 fully saturated rings. The molecule has 1 aromatic heterocycles. The molecule has 0 radical (unpaired) electrons. The molecule has 32 heavy (non-hydrogen) atoms. The van der Waals surface area contributed by atoms with Crippen LogP contribution in [0.3, 0.4) is 0 Å². The SMILES string of the molecule is COc1ccc(C(C)C)cc1S(=O)(=O)Nc1ccc2sc(C(=O)N3CCOCC3)cc2c1. The largest absolute Gasteiger partial charge is 0.495 e. The Morgan fingerprint density at radius 1 is 1.12 bits per heavy atom. The monoisotopic (exact) mass is 474 g/mol.